The van der Waals surface area contributed by atoms with E-state index >= 15 is 0 Å². The number of methoxy groups -OCH3 is 2. The molecule has 184 valence electrons. The van der Waals surface area contributed by atoms with E-state index in [1.54, 1.807) is 20.3 Å². The van der Waals surface area contributed by atoms with Crippen molar-refractivity contribution in [2.75, 3.05) is 19.5 Å². The van der Waals surface area contributed by atoms with Crippen LogP contribution in [-0.2, 0) is 11.4 Å². The minimum Gasteiger partial charge on any atom is -0.493 e. The molecule has 0 radical (unpaired) electrons. The first-order valence-electron chi connectivity index (χ1n) is 11.9. The van der Waals surface area contributed by atoms with Crippen LogP contribution in [0.4, 0.5) is 5.69 Å². The Morgan fingerprint density at radius 2 is 1.43 bits per heavy atom. The highest BCUT2D eigenvalue weighted by Gasteiger charge is 2.16. The van der Waals surface area contributed by atoms with Crippen molar-refractivity contribution in [3.8, 4) is 17.2 Å². The fourth-order valence-corrected chi connectivity index (χ4v) is 3.90. The van der Waals surface area contributed by atoms with Crippen LogP contribution in [0.3, 0.4) is 0 Å². The summed E-state index contributed by atoms with van der Waals surface area (Å²) < 4.78 is 17.1. The van der Waals surface area contributed by atoms with Crippen molar-refractivity contribution in [3.05, 3.63) is 89.0 Å². The summed E-state index contributed by atoms with van der Waals surface area (Å²) in [6, 6.07) is 19.7. The van der Waals surface area contributed by atoms with Gasteiger partial charge in [0.1, 0.15) is 6.61 Å². The molecule has 0 aliphatic rings. The molecule has 3 aromatic rings. The number of nitrogens with one attached hydrogen (secondary N) is 1. The molecular weight excluding hydrogens is 438 g/mol. The molecule has 0 aliphatic heterocycles. The molecule has 3 aromatic carbocycles. The first-order valence-corrected chi connectivity index (χ1v) is 11.9. The average Bonchev–Trinajstić information content (AvgIpc) is 2.86. The number of ether oxygens (including phenoxy) is 3. The van der Waals surface area contributed by atoms with Crippen molar-refractivity contribution < 1.29 is 19.0 Å². The van der Waals surface area contributed by atoms with E-state index in [-0.39, 0.29) is 5.91 Å². The van der Waals surface area contributed by atoms with Crippen LogP contribution in [0.1, 0.15) is 61.8 Å². The van der Waals surface area contributed by atoms with E-state index < -0.39 is 0 Å². The van der Waals surface area contributed by atoms with Gasteiger partial charge in [-0.15, -0.1) is 0 Å². The summed E-state index contributed by atoms with van der Waals surface area (Å²) in [5, 5.41) is 3.11. The topological polar surface area (TPSA) is 56.8 Å². The first kappa shape index (κ1) is 25.9. The van der Waals surface area contributed by atoms with Crippen molar-refractivity contribution in [1.29, 1.82) is 0 Å². The maximum Gasteiger partial charge on any atom is 0.248 e. The van der Waals surface area contributed by atoms with Crippen LogP contribution in [0.5, 0.6) is 17.2 Å². The first-order chi connectivity index (χ1) is 16.8. The van der Waals surface area contributed by atoms with Gasteiger partial charge in [0, 0.05) is 11.8 Å². The van der Waals surface area contributed by atoms with Crippen LogP contribution >= 0.6 is 0 Å². The zero-order valence-corrected chi connectivity index (χ0v) is 21.4. The Bertz CT molecular complexity index is 1110. The maximum atomic E-state index is 12.9. The van der Waals surface area contributed by atoms with Crippen LogP contribution in [-0.4, -0.2) is 20.1 Å². The lowest BCUT2D eigenvalue weighted by Gasteiger charge is -2.19. The highest BCUT2D eigenvalue weighted by Crippen LogP contribution is 2.39. The molecule has 0 atom stereocenters. The zero-order chi connectivity index (χ0) is 25.4. The number of rotatable bonds is 10. The number of hydrogen-bond acceptors (Lipinski definition) is 4. The van der Waals surface area contributed by atoms with Gasteiger partial charge in [0.25, 0.3) is 0 Å². The molecule has 5 nitrogen and oxygen atoms in total. The Morgan fingerprint density at radius 1 is 0.857 bits per heavy atom. The summed E-state index contributed by atoms with van der Waals surface area (Å²) in [7, 11) is 3.17. The minimum absolute atomic E-state index is 0.192. The van der Waals surface area contributed by atoms with Gasteiger partial charge in [0.15, 0.2) is 11.5 Å². The van der Waals surface area contributed by atoms with Gasteiger partial charge in [-0.25, -0.2) is 0 Å². The van der Waals surface area contributed by atoms with Crippen LogP contribution in [0.2, 0.25) is 0 Å². The second kappa shape index (κ2) is 12.1. The van der Waals surface area contributed by atoms with E-state index in [9.17, 15) is 4.79 Å². The molecule has 1 N–H and O–H groups in total. The number of carbonyl (C=O) groups excluding carboxylic acids is 1. The predicted molar refractivity (Wildman–Crippen MR) is 143 cm³/mol. The summed E-state index contributed by atoms with van der Waals surface area (Å²) in [6.07, 6.45) is 3.27. The predicted octanol–water partition coefficient (Wildman–Crippen LogP) is 7.18. The number of para-hydroxylation sites is 1. The van der Waals surface area contributed by atoms with Gasteiger partial charge in [0.2, 0.25) is 11.7 Å². The Kier molecular flexibility index (Phi) is 8.96. The van der Waals surface area contributed by atoms with Gasteiger partial charge >= 0.3 is 0 Å². The van der Waals surface area contributed by atoms with E-state index in [4.69, 9.17) is 14.2 Å². The van der Waals surface area contributed by atoms with Crippen LogP contribution in [0.15, 0.2) is 66.7 Å². The average molecular weight is 474 g/mol. The number of benzene rings is 3. The molecule has 0 aliphatic carbocycles. The molecule has 35 heavy (non-hydrogen) atoms. The molecule has 0 heterocycles. The van der Waals surface area contributed by atoms with E-state index in [0.29, 0.717) is 35.7 Å². The third-order valence-corrected chi connectivity index (χ3v) is 5.76. The monoisotopic (exact) mass is 473 g/mol. The molecular formula is C30H35NO4. The smallest absolute Gasteiger partial charge is 0.248 e. The Labute approximate surface area is 208 Å². The molecule has 0 fully saturated rings. The van der Waals surface area contributed by atoms with Gasteiger partial charge in [-0.1, -0.05) is 76.2 Å². The molecule has 0 aromatic heterocycles. The summed E-state index contributed by atoms with van der Waals surface area (Å²) in [4.78, 5) is 12.9. The molecule has 0 saturated carbocycles. The van der Waals surface area contributed by atoms with Gasteiger partial charge in [0.05, 0.1) is 14.2 Å². The van der Waals surface area contributed by atoms with Crippen LogP contribution in [0, 0.1) is 0 Å². The number of amides is 1. The third-order valence-electron chi connectivity index (χ3n) is 5.76. The molecule has 5 heteroatoms. The van der Waals surface area contributed by atoms with Crippen LogP contribution < -0.4 is 19.5 Å². The second-order valence-electron chi connectivity index (χ2n) is 8.97. The highest BCUT2D eigenvalue weighted by molar-refractivity contribution is 6.03. The van der Waals surface area contributed by atoms with E-state index in [1.165, 1.54) is 6.08 Å². The SMILES string of the molecule is COc1cc(/C=C/C(=O)Nc2c(C(C)C)cccc2C(C)C)cc(OC)c1OCc1ccccc1. The van der Waals surface area contributed by atoms with Gasteiger partial charge in [-0.3, -0.25) is 4.79 Å². The fourth-order valence-electron chi connectivity index (χ4n) is 3.90. The van der Waals surface area contributed by atoms with Crippen molar-refractivity contribution in [2.45, 2.75) is 46.1 Å². The quantitative estimate of drug-likeness (QED) is 0.317. The van der Waals surface area contributed by atoms with Crippen molar-refractivity contribution in [2.24, 2.45) is 0 Å². The largest absolute Gasteiger partial charge is 0.493 e. The van der Waals surface area contributed by atoms with Crippen molar-refractivity contribution in [1.82, 2.24) is 0 Å². The Balaban J connectivity index is 1.82. The van der Waals surface area contributed by atoms with E-state index in [0.717, 1.165) is 27.9 Å². The molecule has 1 amide bonds. The Hall–Kier alpha value is -3.73. The van der Waals surface area contributed by atoms with Gasteiger partial charge in [-0.2, -0.15) is 0 Å². The molecule has 3 rings (SSSR count). The molecule has 0 saturated heterocycles. The lowest BCUT2D eigenvalue weighted by Crippen LogP contribution is -2.13. The number of anilines is 1. The van der Waals surface area contributed by atoms with Crippen LogP contribution in [0.25, 0.3) is 6.08 Å². The lowest BCUT2D eigenvalue weighted by atomic mass is 9.92. The maximum absolute atomic E-state index is 12.9. The standard InChI is InChI=1S/C30H35NO4/c1-20(2)24-13-10-14-25(21(3)4)29(24)31-28(32)16-15-23-17-26(33-5)30(27(18-23)34-6)35-19-22-11-8-7-9-12-22/h7-18,20-21H,19H2,1-6H3,(H,31,32)/b16-15+. The van der Waals surface area contributed by atoms with Gasteiger partial charge < -0.3 is 19.5 Å². The summed E-state index contributed by atoms with van der Waals surface area (Å²) in [6.45, 7) is 8.91. The fraction of sp³-hybridized carbons (Fsp3) is 0.300. The van der Waals surface area contributed by atoms with E-state index in [1.807, 2.05) is 42.5 Å². The van der Waals surface area contributed by atoms with Gasteiger partial charge in [-0.05, 0) is 52.3 Å². The zero-order valence-electron chi connectivity index (χ0n) is 21.4. The summed E-state index contributed by atoms with van der Waals surface area (Å²) in [5.74, 6) is 1.99. The van der Waals surface area contributed by atoms with Crippen molar-refractivity contribution >= 4 is 17.7 Å². The lowest BCUT2D eigenvalue weighted by molar-refractivity contribution is -0.111. The molecule has 0 unspecified atom stereocenters. The van der Waals surface area contributed by atoms with Crippen molar-refractivity contribution in [3.63, 3.8) is 0 Å². The molecule has 0 spiro atoms. The minimum atomic E-state index is -0.192. The summed E-state index contributed by atoms with van der Waals surface area (Å²) >= 11 is 0. The summed E-state index contributed by atoms with van der Waals surface area (Å²) in [5.41, 5.74) is 4.95. The normalized spacial score (nSPS) is 11.2. The second-order valence-corrected chi connectivity index (χ2v) is 8.97. The number of carbonyl (C=O) groups is 1. The number of hydrogen-bond donors (Lipinski definition) is 1. The molecule has 0 bridgehead atoms. The Morgan fingerprint density at radius 3 is 1.94 bits per heavy atom. The third kappa shape index (κ3) is 6.66. The highest BCUT2D eigenvalue weighted by atomic mass is 16.5. The van der Waals surface area contributed by atoms with E-state index in [2.05, 4.69) is 51.2 Å².